The highest BCUT2D eigenvalue weighted by atomic mass is 32.2. The monoisotopic (exact) mass is 286 g/mol. The van der Waals surface area contributed by atoms with Gasteiger partial charge in [-0.3, -0.25) is 4.68 Å². The molecule has 108 valence electrons. The molecule has 1 saturated carbocycles. The molecule has 0 spiro atoms. The van der Waals surface area contributed by atoms with Crippen LogP contribution in [0.4, 0.5) is 0 Å². The number of nitrogens with one attached hydrogen (secondary N) is 1. The van der Waals surface area contributed by atoms with E-state index >= 15 is 0 Å². The average molecular weight is 286 g/mol. The first kappa shape index (κ1) is 14.5. The predicted octanol–water partition coefficient (Wildman–Crippen LogP) is 0.556. The molecule has 0 aromatic carbocycles. The molecular weight excluding hydrogens is 264 g/mol. The van der Waals surface area contributed by atoms with Crippen molar-refractivity contribution in [1.82, 2.24) is 14.5 Å². The maximum absolute atomic E-state index is 12.1. The van der Waals surface area contributed by atoms with Crippen LogP contribution in [0.2, 0.25) is 0 Å². The first-order valence-electron chi connectivity index (χ1n) is 6.57. The number of aryl methyl sites for hydroxylation is 1. The van der Waals surface area contributed by atoms with Crippen LogP contribution in [0, 0.1) is 11.3 Å². The van der Waals surface area contributed by atoms with Gasteiger partial charge in [0.15, 0.2) is 0 Å². The molecule has 1 atom stereocenters. The molecule has 1 aromatic rings. The van der Waals surface area contributed by atoms with Crippen LogP contribution in [0.5, 0.6) is 0 Å². The highest BCUT2D eigenvalue weighted by Gasteiger charge is 2.45. The van der Waals surface area contributed by atoms with Gasteiger partial charge in [0.25, 0.3) is 0 Å². The summed E-state index contributed by atoms with van der Waals surface area (Å²) in [6.07, 6.45) is 4.79. The molecule has 6 nitrogen and oxygen atoms in total. The van der Waals surface area contributed by atoms with Crippen molar-refractivity contribution in [1.29, 1.82) is 0 Å². The van der Waals surface area contributed by atoms with Crippen molar-refractivity contribution >= 4 is 10.0 Å². The van der Waals surface area contributed by atoms with Gasteiger partial charge in [-0.15, -0.1) is 0 Å². The normalized spacial score (nSPS) is 21.5. The van der Waals surface area contributed by atoms with E-state index in [2.05, 4.69) is 23.7 Å². The van der Waals surface area contributed by atoms with Crippen molar-refractivity contribution in [3.05, 3.63) is 12.4 Å². The van der Waals surface area contributed by atoms with Crippen LogP contribution in [0.3, 0.4) is 0 Å². The molecule has 0 bridgehead atoms. The van der Waals surface area contributed by atoms with Crippen molar-refractivity contribution in [3.8, 4) is 0 Å². The van der Waals surface area contributed by atoms with Gasteiger partial charge in [-0.05, 0) is 30.7 Å². The van der Waals surface area contributed by atoms with Crippen molar-refractivity contribution < 1.29 is 8.42 Å². The lowest BCUT2D eigenvalue weighted by Crippen LogP contribution is -2.26. The smallest absolute Gasteiger partial charge is 0.243 e. The molecule has 1 fully saturated rings. The molecule has 19 heavy (non-hydrogen) atoms. The summed E-state index contributed by atoms with van der Waals surface area (Å²) >= 11 is 0. The van der Waals surface area contributed by atoms with E-state index in [4.69, 9.17) is 5.73 Å². The summed E-state index contributed by atoms with van der Waals surface area (Å²) in [5.74, 6) is 0.439. The van der Waals surface area contributed by atoms with E-state index in [0.717, 1.165) is 12.8 Å². The molecule has 0 radical (unpaired) electrons. The molecule has 1 aliphatic carbocycles. The number of sulfonamides is 1. The Morgan fingerprint density at radius 3 is 2.84 bits per heavy atom. The van der Waals surface area contributed by atoms with Gasteiger partial charge in [0.2, 0.25) is 10.0 Å². The van der Waals surface area contributed by atoms with Crippen LogP contribution < -0.4 is 10.5 Å². The molecule has 1 unspecified atom stereocenters. The average Bonchev–Trinajstić information content (AvgIpc) is 2.78. The Morgan fingerprint density at radius 2 is 2.26 bits per heavy atom. The van der Waals surface area contributed by atoms with Crippen LogP contribution in [0.15, 0.2) is 17.3 Å². The fraction of sp³-hybridized carbons (Fsp3) is 0.750. The van der Waals surface area contributed by atoms with Crippen LogP contribution in [0.1, 0.15) is 26.7 Å². The minimum absolute atomic E-state index is 0.225. The van der Waals surface area contributed by atoms with Crippen molar-refractivity contribution in [2.24, 2.45) is 17.1 Å². The van der Waals surface area contributed by atoms with E-state index < -0.39 is 10.0 Å². The van der Waals surface area contributed by atoms with Gasteiger partial charge in [0, 0.05) is 19.3 Å². The first-order chi connectivity index (χ1) is 8.85. The fourth-order valence-corrected chi connectivity index (χ4v) is 3.11. The summed E-state index contributed by atoms with van der Waals surface area (Å²) < 4.78 is 28.4. The molecular formula is C12H22N4O2S. The number of rotatable bonds is 7. The molecule has 1 heterocycles. The summed E-state index contributed by atoms with van der Waals surface area (Å²) in [4.78, 5) is 0.225. The fourth-order valence-electron chi connectivity index (χ4n) is 2.08. The molecule has 1 aromatic heterocycles. The minimum atomic E-state index is -3.43. The highest BCUT2D eigenvalue weighted by Crippen LogP contribution is 2.51. The molecule has 1 aliphatic rings. The number of nitrogens with two attached hydrogens (primary N) is 1. The van der Waals surface area contributed by atoms with Gasteiger partial charge in [-0.1, -0.05) is 13.8 Å². The van der Waals surface area contributed by atoms with Gasteiger partial charge in [0.1, 0.15) is 4.90 Å². The van der Waals surface area contributed by atoms with Gasteiger partial charge in [0.05, 0.1) is 6.20 Å². The number of aromatic nitrogens is 2. The quantitative estimate of drug-likeness (QED) is 0.766. The zero-order valence-electron chi connectivity index (χ0n) is 11.5. The first-order valence-corrected chi connectivity index (χ1v) is 8.06. The third-order valence-corrected chi connectivity index (χ3v) is 5.13. The van der Waals surface area contributed by atoms with E-state index in [-0.39, 0.29) is 10.3 Å². The molecule has 0 aliphatic heterocycles. The largest absolute Gasteiger partial charge is 0.330 e. The maximum atomic E-state index is 12.1. The van der Waals surface area contributed by atoms with Crippen LogP contribution in [-0.4, -0.2) is 31.3 Å². The summed E-state index contributed by atoms with van der Waals surface area (Å²) in [6, 6.07) is 0. The lowest BCUT2D eigenvalue weighted by atomic mass is 10.1. The maximum Gasteiger partial charge on any atom is 0.243 e. The number of hydrogen-bond acceptors (Lipinski definition) is 4. The van der Waals surface area contributed by atoms with Crippen molar-refractivity contribution in [2.75, 3.05) is 13.1 Å². The minimum Gasteiger partial charge on any atom is -0.330 e. The molecule has 3 N–H and O–H groups in total. The lowest BCUT2D eigenvalue weighted by molar-refractivity contribution is 0.537. The SMILES string of the molecule is CC1(C)CC1CNS(=O)(=O)c1cnn(CCCN)c1. The van der Waals surface area contributed by atoms with Crippen LogP contribution in [-0.2, 0) is 16.6 Å². The lowest BCUT2D eigenvalue weighted by Gasteiger charge is -2.05. The molecule has 2 rings (SSSR count). The Balaban J connectivity index is 1.93. The van der Waals surface area contributed by atoms with Gasteiger partial charge in [-0.2, -0.15) is 5.10 Å². The van der Waals surface area contributed by atoms with Crippen molar-refractivity contribution in [3.63, 3.8) is 0 Å². The van der Waals surface area contributed by atoms with Crippen LogP contribution in [0.25, 0.3) is 0 Å². The second-order valence-electron chi connectivity index (χ2n) is 5.82. The van der Waals surface area contributed by atoms with E-state index in [9.17, 15) is 8.42 Å². The van der Waals surface area contributed by atoms with E-state index in [0.29, 0.717) is 25.6 Å². The van der Waals surface area contributed by atoms with Gasteiger partial charge in [-0.25, -0.2) is 13.1 Å². The standard InChI is InChI=1S/C12H22N4O2S/c1-12(2)6-10(12)7-15-19(17,18)11-8-14-16(9-11)5-3-4-13/h8-10,15H,3-7,13H2,1-2H3. The molecule has 0 saturated heterocycles. The summed E-state index contributed by atoms with van der Waals surface area (Å²) in [5.41, 5.74) is 5.68. The number of hydrogen-bond donors (Lipinski definition) is 2. The topological polar surface area (TPSA) is 90.0 Å². The second kappa shape index (κ2) is 5.22. The number of nitrogens with zero attached hydrogens (tertiary/aromatic N) is 2. The Labute approximate surface area is 114 Å². The third-order valence-electron chi connectivity index (χ3n) is 3.75. The molecule has 0 amide bonds. The summed E-state index contributed by atoms with van der Waals surface area (Å²) in [6.45, 7) is 6.01. The van der Waals surface area contributed by atoms with E-state index in [1.54, 1.807) is 10.9 Å². The van der Waals surface area contributed by atoms with E-state index in [1.807, 2.05) is 0 Å². The second-order valence-corrected chi connectivity index (χ2v) is 7.59. The van der Waals surface area contributed by atoms with Gasteiger partial charge >= 0.3 is 0 Å². The summed E-state index contributed by atoms with van der Waals surface area (Å²) in [5, 5.41) is 4.03. The zero-order valence-corrected chi connectivity index (χ0v) is 12.3. The van der Waals surface area contributed by atoms with Crippen LogP contribution >= 0.6 is 0 Å². The zero-order chi connectivity index (χ0) is 14.1. The molecule has 7 heteroatoms. The van der Waals surface area contributed by atoms with Crippen molar-refractivity contribution in [2.45, 2.75) is 38.1 Å². The highest BCUT2D eigenvalue weighted by molar-refractivity contribution is 7.89. The Bertz CT molecular complexity index is 536. The Morgan fingerprint density at radius 1 is 1.58 bits per heavy atom. The van der Waals surface area contributed by atoms with Gasteiger partial charge < -0.3 is 5.73 Å². The third kappa shape index (κ3) is 3.55. The Kier molecular flexibility index (Phi) is 3.98. The van der Waals surface area contributed by atoms with E-state index in [1.165, 1.54) is 6.20 Å². The Hall–Kier alpha value is -0.920. The predicted molar refractivity (Wildman–Crippen MR) is 73.0 cm³/mol. The summed E-state index contributed by atoms with van der Waals surface area (Å²) in [7, 11) is -3.43.